The first-order valence-corrected chi connectivity index (χ1v) is 5.28. The van der Waals surface area contributed by atoms with Crippen molar-refractivity contribution in [3.8, 4) is 11.5 Å². The maximum atomic E-state index is 5.29. The molecule has 90 valence electrons. The average Bonchev–Trinajstić information content (AvgIpc) is 2.29. The second kappa shape index (κ2) is 6.23. The SMILES string of the molecule is COc1ccc(NCCN(C)C)c(OC)c1. The first-order valence-electron chi connectivity index (χ1n) is 5.28. The summed E-state index contributed by atoms with van der Waals surface area (Å²) < 4.78 is 10.4. The van der Waals surface area contributed by atoms with Gasteiger partial charge in [0.25, 0.3) is 0 Å². The topological polar surface area (TPSA) is 33.7 Å². The van der Waals surface area contributed by atoms with E-state index in [1.165, 1.54) is 0 Å². The highest BCUT2D eigenvalue weighted by atomic mass is 16.5. The summed E-state index contributed by atoms with van der Waals surface area (Å²) in [6.07, 6.45) is 0. The van der Waals surface area contributed by atoms with E-state index in [-0.39, 0.29) is 0 Å². The summed E-state index contributed by atoms with van der Waals surface area (Å²) in [7, 11) is 7.40. The van der Waals surface area contributed by atoms with E-state index in [9.17, 15) is 0 Å². The Morgan fingerprint density at radius 2 is 1.94 bits per heavy atom. The molecule has 1 aromatic rings. The Morgan fingerprint density at radius 3 is 2.50 bits per heavy atom. The molecule has 0 aliphatic heterocycles. The molecule has 0 atom stereocenters. The molecule has 16 heavy (non-hydrogen) atoms. The largest absolute Gasteiger partial charge is 0.497 e. The molecule has 0 aliphatic carbocycles. The fourth-order valence-corrected chi connectivity index (χ4v) is 1.36. The predicted octanol–water partition coefficient (Wildman–Crippen LogP) is 1.68. The standard InChI is InChI=1S/C12H20N2O2/c1-14(2)8-7-13-11-6-5-10(15-3)9-12(11)16-4/h5-6,9,13H,7-8H2,1-4H3. The van der Waals surface area contributed by atoms with Gasteiger partial charge in [-0.3, -0.25) is 0 Å². The van der Waals surface area contributed by atoms with Gasteiger partial charge in [0.05, 0.1) is 19.9 Å². The van der Waals surface area contributed by atoms with Crippen LogP contribution in [0.25, 0.3) is 0 Å². The maximum absolute atomic E-state index is 5.29. The van der Waals surface area contributed by atoms with Crippen molar-refractivity contribution >= 4 is 5.69 Å². The minimum absolute atomic E-state index is 0.801. The van der Waals surface area contributed by atoms with E-state index >= 15 is 0 Å². The maximum Gasteiger partial charge on any atom is 0.145 e. The molecular weight excluding hydrogens is 204 g/mol. The molecule has 0 unspecified atom stereocenters. The number of benzene rings is 1. The minimum atomic E-state index is 0.801. The molecule has 0 aliphatic rings. The fraction of sp³-hybridized carbons (Fsp3) is 0.500. The Hall–Kier alpha value is -1.42. The molecule has 4 heteroatoms. The van der Waals surface area contributed by atoms with Crippen LogP contribution in [0.3, 0.4) is 0 Å². The van der Waals surface area contributed by atoms with Crippen molar-refractivity contribution in [2.24, 2.45) is 0 Å². The second-order valence-electron chi connectivity index (χ2n) is 3.80. The van der Waals surface area contributed by atoms with Crippen LogP contribution in [-0.4, -0.2) is 46.3 Å². The van der Waals surface area contributed by atoms with Crippen LogP contribution in [0.15, 0.2) is 18.2 Å². The third kappa shape index (κ3) is 3.62. The molecule has 0 spiro atoms. The Balaban J connectivity index is 2.64. The zero-order valence-corrected chi connectivity index (χ0v) is 10.4. The molecule has 0 saturated carbocycles. The predicted molar refractivity (Wildman–Crippen MR) is 66.6 cm³/mol. The van der Waals surface area contributed by atoms with Gasteiger partial charge in [-0.1, -0.05) is 0 Å². The molecule has 1 N–H and O–H groups in total. The third-order valence-electron chi connectivity index (χ3n) is 2.28. The van der Waals surface area contributed by atoms with Gasteiger partial charge in [-0.05, 0) is 26.2 Å². The van der Waals surface area contributed by atoms with Crippen LogP contribution in [-0.2, 0) is 0 Å². The van der Waals surface area contributed by atoms with Crippen molar-refractivity contribution in [2.75, 3.05) is 46.7 Å². The van der Waals surface area contributed by atoms with Crippen LogP contribution >= 0.6 is 0 Å². The van der Waals surface area contributed by atoms with Gasteiger partial charge in [-0.25, -0.2) is 0 Å². The van der Waals surface area contributed by atoms with Gasteiger partial charge >= 0.3 is 0 Å². The molecule has 0 fully saturated rings. The Bertz CT molecular complexity index is 327. The van der Waals surface area contributed by atoms with Crippen molar-refractivity contribution in [1.29, 1.82) is 0 Å². The normalized spacial score (nSPS) is 10.3. The van der Waals surface area contributed by atoms with E-state index in [4.69, 9.17) is 9.47 Å². The summed E-state index contributed by atoms with van der Waals surface area (Å²) in [5.41, 5.74) is 0.991. The lowest BCUT2D eigenvalue weighted by Gasteiger charge is -2.14. The lowest BCUT2D eigenvalue weighted by Crippen LogP contribution is -2.20. The summed E-state index contributed by atoms with van der Waals surface area (Å²) in [6.45, 7) is 1.87. The van der Waals surface area contributed by atoms with Crippen molar-refractivity contribution in [1.82, 2.24) is 4.90 Å². The van der Waals surface area contributed by atoms with E-state index in [2.05, 4.69) is 10.2 Å². The molecule has 0 heterocycles. The number of hydrogen-bond acceptors (Lipinski definition) is 4. The van der Waals surface area contributed by atoms with Crippen molar-refractivity contribution in [2.45, 2.75) is 0 Å². The Morgan fingerprint density at radius 1 is 1.19 bits per heavy atom. The summed E-state index contributed by atoms with van der Waals surface area (Å²) in [4.78, 5) is 2.13. The van der Waals surface area contributed by atoms with Crippen molar-refractivity contribution < 1.29 is 9.47 Å². The van der Waals surface area contributed by atoms with Crippen molar-refractivity contribution in [3.63, 3.8) is 0 Å². The van der Waals surface area contributed by atoms with Crippen molar-refractivity contribution in [3.05, 3.63) is 18.2 Å². The average molecular weight is 224 g/mol. The molecule has 0 bridgehead atoms. The fourth-order valence-electron chi connectivity index (χ4n) is 1.36. The zero-order chi connectivity index (χ0) is 12.0. The van der Waals surface area contributed by atoms with Gasteiger partial charge in [-0.2, -0.15) is 0 Å². The van der Waals surface area contributed by atoms with Crippen LogP contribution in [0.4, 0.5) is 5.69 Å². The molecule has 1 rings (SSSR count). The number of methoxy groups -OCH3 is 2. The zero-order valence-electron chi connectivity index (χ0n) is 10.4. The first-order chi connectivity index (χ1) is 7.67. The van der Waals surface area contributed by atoms with Gasteiger partial charge in [0.1, 0.15) is 11.5 Å². The molecule has 0 radical (unpaired) electrons. The molecule has 1 aromatic carbocycles. The molecule has 0 saturated heterocycles. The smallest absolute Gasteiger partial charge is 0.145 e. The van der Waals surface area contributed by atoms with Gasteiger partial charge in [0, 0.05) is 19.2 Å². The number of nitrogens with zero attached hydrogens (tertiary/aromatic N) is 1. The minimum Gasteiger partial charge on any atom is -0.497 e. The summed E-state index contributed by atoms with van der Waals surface area (Å²) in [5, 5.41) is 3.32. The Labute approximate surface area is 97.2 Å². The lowest BCUT2D eigenvalue weighted by molar-refractivity contribution is 0.394. The molecule has 0 aromatic heterocycles. The monoisotopic (exact) mass is 224 g/mol. The van der Waals surface area contributed by atoms with Crippen LogP contribution in [0.2, 0.25) is 0 Å². The van der Waals surface area contributed by atoms with Gasteiger partial charge in [-0.15, -0.1) is 0 Å². The quantitative estimate of drug-likeness (QED) is 0.797. The second-order valence-corrected chi connectivity index (χ2v) is 3.80. The molecular formula is C12H20N2O2. The van der Waals surface area contributed by atoms with E-state index in [1.54, 1.807) is 14.2 Å². The number of hydrogen-bond donors (Lipinski definition) is 1. The first kappa shape index (κ1) is 12.6. The highest BCUT2D eigenvalue weighted by Gasteiger charge is 2.03. The number of anilines is 1. The van der Waals surface area contributed by atoms with Gasteiger partial charge in [0.15, 0.2) is 0 Å². The van der Waals surface area contributed by atoms with Crippen LogP contribution in [0.5, 0.6) is 11.5 Å². The van der Waals surface area contributed by atoms with E-state index in [0.717, 1.165) is 30.3 Å². The van der Waals surface area contributed by atoms with E-state index in [0.29, 0.717) is 0 Å². The number of likely N-dealkylation sites (N-methyl/N-ethyl adjacent to an activating group) is 1. The summed E-state index contributed by atoms with van der Waals surface area (Å²) in [6, 6.07) is 5.76. The summed E-state index contributed by atoms with van der Waals surface area (Å²) in [5.74, 6) is 1.60. The lowest BCUT2D eigenvalue weighted by atomic mass is 10.2. The molecule has 0 amide bonds. The van der Waals surface area contributed by atoms with E-state index < -0.39 is 0 Å². The molecule has 4 nitrogen and oxygen atoms in total. The van der Waals surface area contributed by atoms with Crippen LogP contribution < -0.4 is 14.8 Å². The number of nitrogens with one attached hydrogen (secondary N) is 1. The van der Waals surface area contributed by atoms with Crippen LogP contribution in [0.1, 0.15) is 0 Å². The Kier molecular flexibility index (Phi) is 4.92. The number of rotatable bonds is 6. The third-order valence-corrected chi connectivity index (χ3v) is 2.28. The van der Waals surface area contributed by atoms with Crippen LogP contribution in [0, 0.1) is 0 Å². The number of ether oxygens (including phenoxy) is 2. The highest BCUT2D eigenvalue weighted by molar-refractivity contribution is 5.59. The highest BCUT2D eigenvalue weighted by Crippen LogP contribution is 2.28. The van der Waals surface area contributed by atoms with E-state index in [1.807, 2.05) is 32.3 Å². The summed E-state index contributed by atoms with van der Waals surface area (Å²) >= 11 is 0. The van der Waals surface area contributed by atoms with Gasteiger partial charge < -0.3 is 19.7 Å². The van der Waals surface area contributed by atoms with Gasteiger partial charge in [0.2, 0.25) is 0 Å².